The second-order valence-electron chi connectivity index (χ2n) is 6.85. The van der Waals surface area contributed by atoms with Crippen LogP contribution in [0.5, 0.6) is 5.75 Å². The summed E-state index contributed by atoms with van der Waals surface area (Å²) in [6, 6.07) is 26.7. The van der Waals surface area contributed by atoms with Crippen LogP contribution in [0.1, 0.15) is 36.1 Å². The monoisotopic (exact) mass is 328 g/mol. The van der Waals surface area contributed by atoms with Crippen molar-refractivity contribution in [1.29, 1.82) is 0 Å². The Hall–Kier alpha value is -2.80. The lowest BCUT2D eigenvalue weighted by molar-refractivity contribution is 0.468. The van der Waals surface area contributed by atoms with Crippen LogP contribution in [0.2, 0.25) is 0 Å². The maximum absolute atomic E-state index is 10.2. The number of hydrogen-bond acceptors (Lipinski definition) is 1. The maximum atomic E-state index is 10.2. The minimum atomic E-state index is -0.104. The summed E-state index contributed by atoms with van der Waals surface area (Å²) in [4.78, 5) is 0. The van der Waals surface area contributed by atoms with Crippen molar-refractivity contribution in [3.63, 3.8) is 0 Å². The second-order valence-corrected chi connectivity index (χ2v) is 6.85. The minimum absolute atomic E-state index is 0.104. The van der Waals surface area contributed by atoms with E-state index in [9.17, 15) is 5.11 Å². The summed E-state index contributed by atoms with van der Waals surface area (Å²) in [5.41, 5.74) is 4.50. The van der Waals surface area contributed by atoms with Crippen molar-refractivity contribution in [1.82, 2.24) is 0 Å². The molecule has 0 amide bonds. The smallest absolute Gasteiger partial charge is 0.119 e. The van der Waals surface area contributed by atoms with Crippen molar-refractivity contribution in [2.45, 2.75) is 25.7 Å². The molecular weight excluding hydrogens is 304 g/mol. The Bertz CT molecular complexity index is 846. The van der Waals surface area contributed by atoms with E-state index in [1.54, 1.807) is 0 Å². The van der Waals surface area contributed by atoms with E-state index >= 15 is 0 Å². The molecule has 0 saturated carbocycles. The molecule has 126 valence electrons. The van der Waals surface area contributed by atoms with E-state index in [0.717, 1.165) is 5.56 Å². The molecule has 3 rings (SSSR count). The normalized spacial score (nSPS) is 11.8. The maximum Gasteiger partial charge on any atom is 0.119 e. The molecule has 0 aliphatic carbocycles. The molecule has 0 aliphatic rings. The van der Waals surface area contributed by atoms with Crippen LogP contribution in [-0.2, 0) is 11.8 Å². The van der Waals surface area contributed by atoms with Gasteiger partial charge < -0.3 is 5.11 Å². The molecule has 0 spiro atoms. The third-order valence-electron chi connectivity index (χ3n) is 4.74. The predicted octanol–water partition coefficient (Wildman–Crippen LogP) is 5.97. The van der Waals surface area contributed by atoms with Gasteiger partial charge in [-0.2, -0.15) is 0 Å². The highest BCUT2D eigenvalue weighted by Crippen LogP contribution is 2.33. The highest BCUT2D eigenvalue weighted by molar-refractivity contribution is 5.51. The number of phenolic OH excluding ortho intramolecular Hbond substituents is 1. The summed E-state index contributed by atoms with van der Waals surface area (Å²) in [5.74, 6) is 0.352. The zero-order chi connectivity index (χ0) is 17.7. The first-order valence-electron chi connectivity index (χ1n) is 8.67. The van der Waals surface area contributed by atoms with Crippen LogP contribution in [0, 0.1) is 0 Å². The van der Waals surface area contributed by atoms with Crippen molar-refractivity contribution in [3.05, 3.63) is 107 Å². The molecule has 0 saturated heterocycles. The molecule has 1 heteroatoms. The molecule has 1 nitrogen and oxygen atoms in total. The molecule has 0 atom stereocenters. The van der Waals surface area contributed by atoms with Crippen molar-refractivity contribution < 1.29 is 5.11 Å². The summed E-state index contributed by atoms with van der Waals surface area (Å²) in [7, 11) is 0. The van der Waals surface area contributed by atoms with Crippen molar-refractivity contribution in [3.8, 4) is 5.75 Å². The Morgan fingerprint density at radius 1 is 0.800 bits per heavy atom. The van der Waals surface area contributed by atoms with Gasteiger partial charge >= 0.3 is 0 Å². The van der Waals surface area contributed by atoms with E-state index in [1.165, 1.54) is 16.7 Å². The topological polar surface area (TPSA) is 20.2 Å². The van der Waals surface area contributed by atoms with Gasteiger partial charge in [-0.1, -0.05) is 98.8 Å². The van der Waals surface area contributed by atoms with Gasteiger partial charge in [-0.25, -0.2) is 0 Å². The number of phenols is 1. The van der Waals surface area contributed by atoms with Crippen molar-refractivity contribution in [2.75, 3.05) is 0 Å². The van der Waals surface area contributed by atoms with Crippen LogP contribution in [0.15, 0.2) is 84.9 Å². The van der Waals surface area contributed by atoms with Crippen LogP contribution in [0.3, 0.4) is 0 Å². The first-order valence-corrected chi connectivity index (χ1v) is 8.67. The molecule has 25 heavy (non-hydrogen) atoms. The molecule has 0 fully saturated rings. The van der Waals surface area contributed by atoms with E-state index in [0.29, 0.717) is 12.2 Å². The van der Waals surface area contributed by atoms with Gasteiger partial charge in [0.1, 0.15) is 5.75 Å². The molecule has 0 radical (unpaired) electrons. The van der Waals surface area contributed by atoms with Crippen LogP contribution >= 0.6 is 0 Å². The summed E-state index contributed by atoms with van der Waals surface area (Å²) in [5, 5.41) is 10.2. The zero-order valence-electron chi connectivity index (χ0n) is 14.8. The van der Waals surface area contributed by atoms with Crippen LogP contribution in [-0.4, -0.2) is 5.11 Å². The molecule has 0 bridgehead atoms. The van der Waals surface area contributed by atoms with Gasteiger partial charge in [0, 0.05) is 5.41 Å². The molecule has 0 unspecified atom stereocenters. The van der Waals surface area contributed by atoms with Crippen molar-refractivity contribution >= 4 is 6.08 Å². The van der Waals surface area contributed by atoms with Gasteiger partial charge in [-0.15, -0.1) is 0 Å². The molecule has 1 N–H and O–H groups in total. The van der Waals surface area contributed by atoms with E-state index in [1.807, 2.05) is 36.4 Å². The first-order chi connectivity index (χ1) is 12.1. The fraction of sp³-hybridized carbons (Fsp3) is 0.167. The molecule has 3 aromatic rings. The Labute approximate surface area is 150 Å². The molecular formula is C24H24O. The average Bonchev–Trinajstić information content (AvgIpc) is 2.65. The number of allylic oxidation sites excluding steroid dienone is 1. The second kappa shape index (κ2) is 7.40. The lowest BCUT2D eigenvalue weighted by Crippen LogP contribution is -2.18. The largest absolute Gasteiger partial charge is 0.508 e. The Morgan fingerprint density at radius 3 is 2.12 bits per heavy atom. The summed E-state index contributed by atoms with van der Waals surface area (Å²) >= 11 is 0. The highest BCUT2D eigenvalue weighted by atomic mass is 16.3. The predicted molar refractivity (Wildman–Crippen MR) is 106 cm³/mol. The molecule has 0 aromatic heterocycles. The zero-order valence-corrected chi connectivity index (χ0v) is 14.8. The molecule has 0 heterocycles. The van der Waals surface area contributed by atoms with E-state index in [2.05, 4.69) is 68.5 Å². The number of rotatable bonds is 5. The fourth-order valence-electron chi connectivity index (χ4n) is 3.05. The van der Waals surface area contributed by atoms with Gasteiger partial charge in [-0.3, -0.25) is 0 Å². The third kappa shape index (κ3) is 4.00. The standard InChI is InChI=1S/C24H24O/c1-24(2,21-14-7-4-8-15-21)22-16-17-23(25)20(18-22)13-9-12-19-10-5-3-6-11-19/h3-12,14-18,25H,13H2,1-2H3/b12-9+. The van der Waals surface area contributed by atoms with E-state index in [-0.39, 0.29) is 5.41 Å². The number of benzene rings is 3. The SMILES string of the molecule is CC(C)(c1ccccc1)c1ccc(O)c(C/C=C/c2ccccc2)c1. The van der Waals surface area contributed by atoms with Crippen LogP contribution in [0.4, 0.5) is 0 Å². The quantitative estimate of drug-likeness (QED) is 0.611. The number of hydrogen-bond donors (Lipinski definition) is 1. The third-order valence-corrected chi connectivity index (χ3v) is 4.74. The van der Waals surface area contributed by atoms with Gasteiger partial charge in [-0.05, 0) is 34.7 Å². The van der Waals surface area contributed by atoms with Gasteiger partial charge in [0.2, 0.25) is 0 Å². The Balaban J connectivity index is 1.84. The fourth-order valence-corrected chi connectivity index (χ4v) is 3.05. The molecule has 0 aliphatic heterocycles. The van der Waals surface area contributed by atoms with E-state index < -0.39 is 0 Å². The van der Waals surface area contributed by atoms with E-state index in [4.69, 9.17) is 0 Å². The first kappa shape index (κ1) is 17.0. The lowest BCUT2D eigenvalue weighted by atomic mass is 9.77. The van der Waals surface area contributed by atoms with Gasteiger partial charge in [0.25, 0.3) is 0 Å². The van der Waals surface area contributed by atoms with Crippen LogP contribution < -0.4 is 0 Å². The van der Waals surface area contributed by atoms with Gasteiger partial charge in [0.15, 0.2) is 0 Å². The molecule has 3 aromatic carbocycles. The number of aromatic hydroxyl groups is 1. The lowest BCUT2D eigenvalue weighted by Gasteiger charge is -2.26. The van der Waals surface area contributed by atoms with Crippen molar-refractivity contribution in [2.24, 2.45) is 0 Å². The average molecular weight is 328 g/mol. The Morgan fingerprint density at radius 2 is 1.44 bits per heavy atom. The summed E-state index contributed by atoms with van der Waals surface area (Å²) in [6.07, 6.45) is 4.90. The minimum Gasteiger partial charge on any atom is -0.508 e. The Kier molecular flexibility index (Phi) is 5.04. The van der Waals surface area contributed by atoms with Gasteiger partial charge in [0.05, 0.1) is 0 Å². The summed E-state index contributed by atoms with van der Waals surface area (Å²) in [6.45, 7) is 4.44. The van der Waals surface area contributed by atoms with Crippen LogP contribution in [0.25, 0.3) is 6.08 Å². The summed E-state index contributed by atoms with van der Waals surface area (Å²) < 4.78 is 0. The highest BCUT2D eigenvalue weighted by Gasteiger charge is 2.23.